The van der Waals surface area contributed by atoms with Gasteiger partial charge in [-0.2, -0.15) is 16.8 Å². The van der Waals surface area contributed by atoms with Gasteiger partial charge in [0.15, 0.2) is 14.8 Å². The predicted octanol–water partition coefficient (Wildman–Crippen LogP) is -1.67. The first-order chi connectivity index (χ1) is 8.54. The molecule has 1 aromatic rings. The Hall–Kier alpha value is -0.970. The van der Waals surface area contributed by atoms with E-state index in [0.29, 0.717) is 6.07 Å². The van der Waals surface area contributed by atoms with Crippen LogP contribution in [0, 0.1) is 5.39 Å². The lowest BCUT2D eigenvalue weighted by Gasteiger charge is -2.07. The maximum absolute atomic E-state index is 11.1. The summed E-state index contributed by atoms with van der Waals surface area (Å²) in [5.74, 6) is -0.829. The molecule has 1 rings (SSSR count). The van der Waals surface area contributed by atoms with E-state index < -0.39 is 46.5 Å². The van der Waals surface area contributed by atoms with Crippen molar-refractivity contribution >= 4 is 37.5 Å². The quantitative estimate of drug-likeness (QED) is 0.445. The van der Waals surface area contributed by atoms with Gasteiger partial charge >= 0.3 is 15.8 Å². The number of hydrogen-bond acceptors (Lipinski definition) is 6. The number of diazo groups is 1. The van der Waals surface area contributed by atoms with Gasteiger partial charge in [-0.1, -0.05) is 11.6 Å². The number of methoxy groups -OCH3 is 1. The van der Waals surface area contributed by atoms with Crippen molar-refractivity contribution in [1.29, 1.82) is 5.39 Å². The van der Waals surface area contributed by atoms with Gasteiger partial charge < -0.3 is 21.7 Å². The molecule has 20 heavy (non-hydrogen) atoms. The van der Waals surface area contributed by atoms with E-state index in [-0.39, 0.29) is 17.0 Å². The molecule has 0 heterocycles. The van der Waals surface area contributed by atoms with E-state index in [1.807, 2.05) is 0 Å². The van der Waals surface area contributed by atoms with Gasteiger partial charge in [0.25, 0.3) is 10.1 Å². The molecule has 0 saturated carbocycles. The second-order valence-electron chi connectivity index (χ2n) is 3.12. The molecule has 0 aliphatic carbocycles. The molecule has 0 aliphatic heterocycles. The second kappa shape index (κ2) is 6.20. The van der Waals surface area contributed by atoms with Crippen molar-refractivity contribution in [3.8, 4) is 5.75 Å². The maximum Gasteiger partial charge on any atom is 0.448 e. The molecule has 0 fully saturated rings. The highest BCUT2D eigenvalue weighted by Gasteiger charge is 2.37. The SMILES string of the molecule is COc1c([N+]#N)c(S(=O)(=O)O)cc(Cl)c1S(=O)(=O)O.[Br-]. The fourth-order valence-corrected chi connectivity index (χ4v) is 3.21. The monoisotopic (exact) mass is 408 g/mol. The van der Waals surface area contributed by atoms with Crippen molar-refractivity contribution in [1.82, 2.24) is 0 Å². The number of benzene rings is 1. The highest BCUT2D eigenvalue weighted by Crippen LogP contribution is 2.43. The first kappa shape index (κ1) is 19.0. The zero-order valence-corrected chi connectivity index (χ0v) is 13.5. The minimum absolute atomic E-state index is 0. The van der Waals surface area contributed by atoms with Crippen LogP contribution >= 0.6 is 11.6 Å². The summed E-state index contributed by atoms with van der Waals surface area (Å²) >= 11 is 5.51. The number of nitrogens with zero attached hydrogens (tertiary/aromatic N) is 2. The molecule has 112 valence electrons. The van der Waals surface area contributed by atoms with E-state index in [1.165, 1.54) is 0 Å². The van der Waals surface area contributed by atoms with E-state index in [2.05, 4.69) is 9.71 Å². The molecule has 0 aromatic heterocycles. The average molecular weight is 410 g/mol. The van der Waals surface area contributed by atoms with E-state index in [1.54, 1.807) is 0 Å². The maximum atomic E-state index is 11.1. The van der Waals surface area contributed by atoms with Gasteiger partial charge in [-0.25, -0.2) is 0 Å². The summed E-state index contributed by atoms with van der Waals surface area (Å²) in [6, 6.07) is 0.498. The van der Waals surface area contributed by atoms with Gasteiger partial charge in [-0.05, 0) is 6.07 Å². The van der Waals surface area contributed by atoms with Crippen LogP contribution in [0.5, 0.6) is 5.75 Å². The minimum Gasteiger partial charge on any atom is -1.00 e. The van der Waals surface area contributed by atoms with Crippen molar-refractivity contribution in [2.45, 2.75) is 9.79 Å². The molecule has 0 spiro atoms. The van der Waals surface area contributed by atoms with Crippen LogP contribution in [0.25, 0.3) is 4.98 Å². The highest BCUT2D eigenvalue weighted by atomic mass is 79.9. The molecule has 0 saturated heterocycles. The molecule has 0 radical (unpaired) electrons. The smallest absolute Gasteiger partial charge is 0.448 e. The van der Waals surface area contributed by atoms with Crippen LogP contribution in [0.3, 0.4) is 0 Å². The Kier molecular flexibility index (Phi) is 5.90. The van der Waals surface area contributed by atoms with E-state index in [9.17, 15) is 16.8 Å². The fourth-order valence-electron chi connectivity index (χ4n) is 1.30. The van der Waals surface area contributed by atoms with Crippen LogP contribution < -0.4 is 21.7 Å². The first-order valence-corrected chi connectivity index (χ1v) is 7.50. The topological polar surface area (TPSA) is 146 Å². The summed E-state index contributed by atoms with van der Waals surface area (Å²) in [6.45, 7) is 0. The summed E-state index contributed by atoms with van der Waals surface area (Å²) in [4.78, 5) is 0.553. The minimum atomic E-state index is -4.88. The van der Waals surface area contributed by atoms with Gasteiger partial charge in [-0.15, -0.1) is 0 Å². The van der Waals surface area contributed by atoms with Gasteiger partial charge in [0, 0.05) is 0 Å². The lowest BCUT2D eigenvalue weighted by Crippen LogP contribution is -3.00. The van der Waals surface area contributed by atoms with Crippen molar-refractivity contribution in [2.24, 2.45) is 0 Å². The first-order valence-electron chi connectivity index (χ1n) is 4.24. The summed E-state index contributed by atoms with van der Waals surface area (Å²) in [5.41, 5.74) is -0.915. The van der Waals surface area contributed by atoms with E-state index >= 15 is 0 Å². The van der Waals surface area contributed by atoms with Crippen molar-refractivity contribution in [3.63, 3.8) is 0 Å². The third-order valence-electron chi connectivity index (χ3n) is 1.97. The highest BCUT2D eigenvalue weighted by molar-refractivity contribution is 7.86. The number of hydrogen-bond donors (Lipinski definition) is 2. The summed E-state index contributed by atoms with van der Waals surface area (Å²) < 4.78 is 66.8. The molecule has 9 nitrogen and oxygen atoms in total. The van der Waals surface area contributed by atoms with Crippen LogP contribution in [-0.2, 0) is 20.2 Å². The lowest BCUT2D eigenvalue weighted by atomic mass is 10.3. The van der Waals surface area contributed by atoms with Gasteiger partial charge in [0.1, 0.15) is 0 Å². The molecular formula is C7H6BrClN2O7S2. The predicted molar refractivity (Wildman–Crippen MR) is 62.4 cm³/mol. The van der Waals surface area contributed by atoms with Crippen LogP contribution in [0.4, 0.5) is 5.69 Å². The third-order valence-corrected chi connectivity index (χ3v) is 4.17. The Bertz CT molecular complexity index is 784. The molecule has 0 unspecified atom stereocenters. The van der Waals surface area contributed by atoms with Crippen LogP contribution in [-0.4, -0.2) is 33.1 Å². The average Bonchev–Trinajstić information content (AvgIpc) is 2.24. The number of rotatable bonds is 3. The van der Waals surface area contributed by atoms with Gasteiger partial charge in [0.05, 0.1) is 12.1 Å². The van der Waals surface area contributed by atoms with E-state index in [4.69, 9.17) is 26.1 Å². The normalized spacial score (nSPS) is 11.3. The van der Waals surface area contributed by atoms with Crippen LogP contribution in [0.1, 0.15) is 0 Å². The van der Waals surface area contributed by atoms with Crippen LogP contribution in [0.15, 0.2) is 15.9 Å². The summed E-state index contributed by atoms with van der Waals surface area (Å²) in [7, 11) is -8.81. The molecule has 0 aliphatic rings. The molecule has 0 atom stereocenters. The Morgan fingerprint density at radius 2 is 1.75 bits per heavy atom. The zero-order valence-electron chi connectivity index (χ0n) is 9.48. The molecule has 13 heteroatoms. The molecule has 0 amide bonds. The number of ether oxygens (including phenoxy) is 1. The Balaban J connectivity index is 0.00000361. The van der Waals surface area contributed by atoms with Crippen molar-refractivity contribution < 1.29 is 47.7 Å². The molecule has 1 aromatic carbocycles. The van der Waals surface area contributed by atoms with Crippen LogP contribution in [0.2, 0.25) is 5.02 Å². The van der Waals surface area contributed by atoms with Gasteiger partial charge in [0.2, 0.25) is 11.1 Å². The van der Waals surface area contributed by atoms with E-state index in [0.717, 1.165) is 7.11 Å². The van der Waals surface area contributed by atoms with Crippen molar-refractivity contribution in [2.75, 3.05) is 7.11 Å². The molecule has 0 bridgehead atoms. The molecule has 2 N–H and O–H groups in total. The standard InChI is InChI=1S/C7H5ClN2O7S2.BrH/c1-17-6-5(10-9)4(18(11,12)13)2-3(8)7(6)19(14,15)16;/h2H,1H3,(H-,11,12,13,14,15,16);1H. The number of halogens is 2. The zero-order chi connectivity index (χ0) is 15.0. The summed E-state index contributed by atoms with van der Waals surface area (Å²) in [6.07, 6.45) is 0. The third kappa shape index (κ3) is 3.57. The lowest BCUT2D eigenvalue weighted by molar-refractivity contribution is -0.0000127. The Labute approximate surface area is 129 Å². The molecular weight excluding hydrogens is 404 g/mol. The largest absolute Gasteiger partial charge is 1.00 e. The second-order valence-corrected chi connectivity index (χ2v) is 6.27. The van der Waals surface area contributed by atoms with Gasteiger partial charge in [-0.3, -0.25) is 9.11 Å². The fraction of sp³-hybridized carbons (Fsp3) is 0.143. The Morgan fingerprint density at radius 3 is 2.05 bits per heavy atom. The summed E-state index contributed by atoms with van der Waals surface area (Å²) in [5, 5.41) is 7.99. The Morgan fingerprint density at radius 1 is 1.25 bits per heavy atom. The van der Waals surface area contributed by atoms with Crippen molar-refractivity contribution in [3.05, 3.63) is 16.1 Å².